The van der Waals surface area contributed by atoms with Crippen molar-refractivity contribution in [3.8, 4) is 0 Å². The van der Waals surface area contributed by atoms with Gasteiger partial charge in [0, 0.05) is 44.0 Å². The third-order valence-corrected chi connectivity index (χ3v) is 5.28. The molecule has 7 nitrogen and oxygen atoms in total. The third-order valence-electron chi connectivity index (χ3n) is 4.96. The van der Waals surface area contributed by atoms with Crippen LogP contribution in [0.1, 0.15) is 24.0 Å². The number of amides is 1. The van der Waals surface area contributed by atoms with Crippen molar-refractivity contribution in [3.63, 3.8) is 0 Å². The van der Waals surface area contributed by atoms with E-state index in [-0.39, 0.29) is 30.6 Å². The first-order chi connectivity index (χ1) is 14.2. The van der Waals surface area contributed by atoms with Gasteiger partial charge < -0.3 is 10.2 Å². The molecule has 1 N–H and O–H groups in total. The molecule has 2 aromatic rings. The second-order valence-corrected chi connectivity index (χ2v) is 7.32. The summed E-state index contributed by atoms with van der Waals surface area (Å²) in [6.07, 6.45) is -0.687. The molecule has 1 aromatic heterocycles. The minimum Gasteiger partial charge on any atom is -0.366 e. The van der Waals surface area contributed by atoms with Crippen LogP contribution in [-0.2, 0) is 17.5 Å². The molecule has 30 heavy (non-hydrogen) atoms. The van der Waals surface area contributed by atoms with Crippen molar-refractivity contribution in [1.82, 2.24) is 10.3 Å². The Balaban J connectivity index is 1.67. The highest BCUT2D eigenvalue weighted by Gasteiger charge is 2.37. The van der Waals surface area contributed by atoms with Crippen molar-refractivity contribution in [3.05, 3.63) is 62.9 Å². The van der Waals surface area contributed by atoms with Crippen LogP contribution in [0, 0.1) is 16.0 Å². The lowest BCUT2D eigenvalue weighted by molar-refractivity contribution is -0.384. The zero-order chi connectivity index (χ0) is 21.9. The standard InChI is InChI=1S/C19H18ClF3N4O3/c20-15-9-16(17(27(29)30)8-14(15)19(21,22)23)26-6-3-13(4-7-26)18(28)25-11-12-2-1-5-24-10-12/h1-2,5,8-10,13H,3-4,6-7,11H2,(H,25,28). The van der Waals surface area contributed by atoms with Gasteiger partial charge in [0.15, 0.2) is 0 Å². The summed E-state index contributed by atoms with van der Waals surface area (Å²) in [6, 6.07) is 5.04. The van der Waals surface area contributed by atoms with Crippen molar-refractivity contribution in [2.24, 2.45) is 5.92 Å². The molecule has 0 bridgehead atoms. The topological polar surface area (TPSA) is 88.4 Å². The van der Waals surface area contributed by atoms with Crippen molar-refractivity contribution >= 4 is 28.9 Å². The molecule has 1 aliphatic rings. The molecule has 0 saturated carbocycles. The molecular formula is C19H18ClF3N4O3. The van der Waals surface area contributed by atoms with Crippen molar-refractivity contribution in [1.29, 1.82) is 0 Å². The summed E-state index contributed by atoms with van der Waals surface area (Å²) in [5.41, 5.74) is -1.03. The summed E-state index contributed by atoms with van der Waals surface area (Å²) < 4.78 is 39.1. The molecule has 160 valence electrons. The number of alkyl halides is 3. The summed E-state index contributed by atoms with van der Waals surface area (Å²) in [4.78, 5) is 28.5. The van der Waals surface area contributed by atoms with Crippen LogP contribution in [0.4, 0.5) is 24.5 Å². The largest absolute Gasteiger partial charge is 0.418 e. The first-order valence-corrected chi connectivity index (χ1v) is 9.51. The Morgan fingerprint density at radius 3 is 2.60 bits per heavy atom. The molecule has 0 unspecified atom stereocenters. The van der Waals surface area contributed by atoms with Gasteiger partial charge in [-0.1, -0.05) is 17.7 Å². The lowest BCUT2D eigenvalue weighted by atomic mass is 9.95. The molecule has 11 heteroatoms. The van der Waals surface area contributed by atoms with Crippen LogP contribution < -0.4 is 10.2 Å². The summed E-state index contributed by atoms with van der Waals surface area (Å²) in [5, 5.41) is 13.6. The predicted molar refractivity (Wildman–Crippen MR) is 104 cm³/mol. The van der Waals surface area contributed by atoms with Gasteiger partial charge in [0.1, 0.15) is 5.69 Å². The molecule has 1 aliphatic heterocycles. The molecule has 0 spiro atoms. The number of nitro benzene ring substituents is 1. The molecular weight excluding hydrogens is 425 g/mol. The number of hydrogen-bond acceptors (Lipinski definition) is 5. The lowest BCUT2D eigenvalue weighted by Gasteiger charge is -2.33. The third kappa shape index (κ3) is 4.99. The molecule has 0 aliphatic carbocycles. The maximum Gasteiger partial charge on any atom is 0.418 e. The molecule has 1 amide bonds. The molecule has 3 rings (SSSR count). The zero-order valence-corrected chi connectivity index (χ0v) is 16.4. The average Bonchev–Trinajstić information content (AvgIpc) is 2.71. The van der Waals surface area contributed by atoms with Gasteiger partial charge in [-0.05, 0) is 30.5 Å². The minimum absolute atomic E-state index is 0.0206. The van der Waals surface area contributed by atoms with Gasteiger partial charge >= 0.3 is 6.18 Å². The highest BCUT2D eigenvalue weighted by atomic mass is 35.5. The van der Waals surface area contributed by atoms with Gasteiger partial charge in [0.25, 0.3) is 5.69 Å². The van der Waals surface area contributed by atoms with Crippen molar-refractivity contribution in [2.45, 2.75) is 25.6 Å². The number of anilines is 1. The summed E-state index contributed by atoms with van der Waals surface area (Å²) in [5.74, 6) is -0.430. The fraction of sp³-hybridized carbons (Fsp3) is 0.368. The smallest absolute Gasteiger partial charge is 0.366 e. The first-order valence-electron chi connectivity index (χ1n) is 9.13. The predicted octanol–water partition coefficient (Wildman–Crippen LogP) is 4.19. The van der Waals surface area contributed by atoms with E-state index >= 15 is 0 Å². The number of nitrogens with one attached hydrogen (secondary N) is 1. The Kier molecular flexibility index (Phi) is 6.45. The highest BCUT2D eigenvalue weighted by molar-refractivity contribution is 6.31. The second-order valence-electron chi connectivity index (χ2n) is 6.92. The number of carbonyl (C=O) groups excluding carboxylic acids is 1. The number of benzene rings is 1. The quantitative estimate of drug-likeness (QED) is 0.554. The van der Waals surface area contributed by atoms with Gasteiger partial charge in [-0.15, -0.1) is 0 Å². The fourth-order valence-corrected chi connectivity index (χ4v) is 3.65. The van der Waals surface area contributed by atoms with Gasteiger partial charge in [-0.25, -0.2) is 0 Å². The van der Waals surface area contributed by atoms with E-state index in [4.69, 9.17) is 11.6 Å². The van der Waals surface area contributed by atoms with Gasteiger partial charge in [-0.3, -0.25) is 19.9 Å². The van der Waals surface area contributed by atoms with Crippen LogP contribution in [0.3, 0.4) is 0 Å². The van der Waals surface area contributed by atoms with E-state index in [1.807, 2.05) is 6.07 Å². The zero-order valence-electron chi connectivity index (χ0n) is 15.7. The number of halogens is 4. The maximum absolute atomic E-state index is 13.0. The van der Waals surface area contributed by atoms with E-state index in [0.717, 1.165) is 11.6 Å². The SMILES string of the molecule is O=C(NCc1cccnc1)C1CCN(c2cc(Cl)c(C(F)(F)F)cc2[N+](=O)[O-])CC1. The Labute approximate surface area is 175 Å². The van der Waals surface area contributed by atoms with E-state index in [0.29, 0.717) is 25.5 Å². The first kappa shape index (κ1) is 21.8. The normalized spacial score (nSPS) is 15.1. The number of aromatic nitrogens is 1. The highest BCUT2D eigenvalue weighted by Crippen LogP contribution is 2.42. The number of nitrogens with zero attached hydrogens (tertiary/aromatic N) is 3. The van der Waals surface area contributed by atoms with Gasteiger partial charge in [0.2, 0.25) is 5.91 Å². The van der Waals surface area contributed by atoms with Crippen LogP contribution in [-0.4, -0.2) is 28.9 Å². The second kappa shape index (κ2) is 8.86. The Morgan fingerprint density at radius 2 is 2.03 bits per heavy atom. The Bertz CT molecular complexity index is 933. The number of hydrogen-bond donors (Lipinski definition) is 1. The van der Waals surface area contributed by atoms with Crippen molar-refractivity contribution in [2.75, 3.05) is 18.0 Å². The van der Waals surface area contributed by atoms with E-state index in [2.05, 4.69) is 10.3 Å². The average molecular weight is 443 g/mol. The lowest BCUT2D eigenvalue weighted by Crippen LogP contribution is -2.40. The van der Waals surface area contributed by atoms with Crippen molar-refractivity contribution < 1.29 is 22.9 Å². The van der Waals surface area contributed by atoms with E-state index in [1.165, 1.54) is 0 Å². The number of piperidine rings is 1. The van der Waals surface area contributed by atoms with Gasteiger partial charge in [0.05, 0.1) is 15.5 Å². The van der Waals surface area contributed by atoms with Crippen LogP contribution >= 0.6 is 11.6 Å². The van der Waals surface area contributed by atoms with E-state index in [1.54, 1.807) is 23.4 Å². The van der Waals surface area contributed by atoms with Crippen LogP contribution in [0.15, 0.2) is 36.7 Å². The molecule has 2 heterocycles. The summed E-state index contributed by atoms with van der Waals surface area (Å²) in [6.45, 7) is 0.911. The number of pyridine rings is 1. The van der Waals surface area contributed by atoms with E-state index in [9.17, 15) is 28.1 Å². The van der Waals surface area contributed by atoms with Crippen LogP contribution in [0.25, 0.3) is 0 Å². The monoisotopic (exact) mass is 442 g/mol. The summed E-state index contributed by atoms with van der Waals surface area (Å²) in [7, 11) is 0. The number of nitro groups is 1. The maximum atomic E-state index is 13.0. The van der Waals surface area contributed by atoms with Crippen LogP contribution in [0.5, 0.6) is 0 Å². The summed E-state index contributed by atoms with van der Waals surface area (Å²) >= 11 is 5.75. The van der Waals surface area contributed by atoms with E-state index < -0.39 is 27.4 Å². The Morgan fingerprint density at radius 1 is 1.33 bits per heavy atom. The Hall–Kier alpha value is -2.88. The molecule has 1 saturated heterocycles. The number of carbonyl (C=O) groups is 1. The number of rotatable bonds is 5. The molecule has 0 atom stereocenters. The van der Waals surface area contributed by atoms with Crippen LogP contribution in [0.2, 0.25) is 5.02 Å². The molecule has 0 radical (unpaired) electrons. The molecule has 1 aromatic carbocycles. The van der Waals surface area contributed by atoms with Gasteiger partial charge in [-0.2, -0.15) is 13.2 Å². The minimum atomic E-state index is -4.79. The molecule has 1 fully saturated rings. The fourth-order valence-electron chi connectivity index (χ4n) is 3.39.